The molecule has 1 aromatic rings. The normalized spacial score (nSPS) is 21.7. The molecule has 0 aliphatic carbocycles. The maximum absolute atomic E-state index is 12.3. The number of rotatable bonds is 3. The number of fused-ring (bicyclic) bond motifs is 1. The molecule has 0 amide bonds. The summed E-state index contributed by atoms with van der Waals surface area (Å²) in [5, 5.41) is 0. The lowest BCUT2D eigenvalue weighted by Crippen LogP contribution is -2.48. The average molecular weight is 246 g/mol. The number of ether oxygens (including phenoxy) is 2. The van der Waals surface area contributed by atoms with Crippen molar-refractivity contribution in [3.8, 4) is 5.75 Å². The summed E-state index contributed by atoms with van der Waals surface area (Å²) >= 11 is 0. The van der Waals surface area contributed by atoms with E-state index in [-0.39, 0.29) is 11.9 Å². The van der Waals surface area contributed by atoms with Crippen molar-refractivity contribution in [3.05, 3.63) is 36.4 Å². The Morgan fingerprint density at radius 3 is 2.67 bits per heavy atom. The molecule has 0 fully saturated rings. The van der Waals surface area contributed by atoms with E-state index in [0.717, 1.165) is 5.56 Å². The van der Waals surface area contributed by atoms with Crippen LogP contribution in [0.3, 0.4) is 0 Å². The van der Waals surface area contributed by atoms with Gasteiger partial charge >= 0.3 is 5.97 Å². The second-order valence-electron chi connectivity index (χ2n) is 4.69. The number of benzene rings is 1. The van der Waals surface area contributed by atoms with Crippen molar-refractivity contribution in [1.29, 1.82) is 0 Å². The van der Waals surface area contributed by atoms with Crippen LogP contribution in [0.5, 0.6) is 5.75 Å². The zero-order valence-corrected chi connectivity index (χ0v) is 11.0. The molecule has 0 saturated carbocycles. The van der Waals surface area contributed by atoms with Crippen LogP contribution in [-0.2, 0) is 9.53 Å². The van der Waals surface area contributed by atoms with Gasteiger partial charge in [0.05, 0.1) is 6.61 Å². The molecule has 3 heteroatoms. The molecule has 0 N–H and O–H groups in total. The molecule has 1 aromatic carbocycles. The van der Waals surface area contributed by atoms with Gasteiger partial charge in [-0.1, -0.05) is 38.6 Å². The standard InChI is InChI=1S/C15H18O3/c1-5-17-14(16)15(10(2)3)11(4)12-8-6-7-9-13(12)18-15/h6-10H,4-5H2,1-3H3. The quantitative estimate of drug-likeness (QED) is 0.769. The maximum atomic E-state index is 12.3. The van der Waals surface area contributed by atoms with Gasteiger partial charge in [-0.3, -0.25) is 0 Å². The lowest BCUT2D eigenvalue weighted by atomic mass is 9.82. The van der Waals surface area contributed by atoms with Gasteiger partial charge < -0.3 is 9.47 Å². The summed E-state index contributed by atoms with van der Waals surface area (Å²) in [6.45, 7) is 10.0. The lowest BCUT2D eigenvalue weighted by Gasteiger charge is -2.31. The fraction of sp³-hybridized carbons (Fsp3) is 0.400. The molecule has 0 spiro atoms. The Balaban J connectivity index is 2.48. The van der Waals surface area contributed by atoms with Gasteiger partial charge in [-0.2, -0.15) is 0 Å². The second kappa shape index (κ2) is 4.48. The molecule has 0 radical (unpaired) electrons. The van der Waals surface area contributed by atoms with Gasteiger partial charge in [0.25, 0.3) is 0 Å². The van der Waals surface area contributed by atoms with E-state index in [0.29, 0.717) is 17.9 Å². The Kier molecular flexibility index (Phi) is 3.16. The van der Waals surface area contributed by atoms with Crippen LogP contribution in [0.1, 0.15) is 26.3 Å². The van der Waals surface area contributed by atoms with Crippen molar-refractivity contribution < 1.29 is 14.3 Å². The summed E-state index contributed by atoms with van der Waals surface area (Å²) in [4.78, 5) is 12.3. The predicted molar refractivity (Wildman–Crippen MR) is 70.3 cm³/mol. The van der Waals surface area contributed by atoms with Crippen LogP contribution in [0.2, 0.25) is 0 Å². The van der Waals surface area contributed by atoms with E-state index in [9.17, 15) is 4.79 Å². The van der Waals surface area contributed by atoms with E-state index in [1.54, 1.807) is 6.92 Å². The SMILES string of the molecule is C=C1c2ccccc2OC1(C(=O)OCC)C(C)C. The molecule has 2 rings (SSSR count). The van der Waals surface area contributed by atoms with Gasteiger partial charge in [-0.05, 0) is 13.0 Å². The summed E-state index contributed by atoms with van der Waals surface area (Å²) in [7, 11) is 0. The zero-order chi connectivity index (χ0) is 13.3. The number of carbonyl (C=O) groups excluding carboxylic acids is 1. The molecule has 0 bridgehead atoms. The molecule has 1 aliphatic rings. The van der Waals surface area contributed by atoms with Crippen molar-refractivity contribution in [2.75, 3.05) is 6.61 Å². The Labute approximate surface area is 107 Å². The molecule has 1 aliphatic heterocycles. The Hall–Kier alpha value is -1.77. The fourth-order valence-electron chi connectivity index (χ4n) is 2.35. The fourth-order valence-corrected chi connectivity index (χ4v) is 2.35. The average Bonchev–Trinajstić information content (AvgIpc) is 2.65. The molecule has 0 aromatic heterocycles. The number of hydrogen-bond acceptors (Lipinski definition) is 3. The second-order valence-corrected chi connectivity index (χ2v) is 4.69. The first-order chi connectivity index (χ1) is 8.54. The minimum Gasteiger partial charge on any atom is -0.470 e. The Morgan fingerprint density at radius 1 is 1.44 bits per heavy atom. The van der Waals surface area contributed by atoms with Gasteiger partial charge in [-0.15, -0.1) is 0 Å². The summed E-state index contributed by atoms with van der Waals surface area (Å²) in [5.74, 6) is 0.293. The summed E-state index contributed by atoms with van der Waals surface area (Å²) < 4.78 is 11.1. The molecule has 1 heterocycles. The topological polar surface area (TPSA) is 35.5 Å². The van der Waals surface area contributed by atoms with Gasteiger partial charge in [0, 0.05) is 17.1 Å². The van der Waals surface area contributed by atoms with Gasteiger partial charge in [0.1, 0.15) is 5.75 Å². The summed E-state index contributed by atoms with van der Waals surface area (Å²) in [6.07, 6.45) is 0. The largest absolute Gasteiger partial charge is 0.470 e. The third kappa shape index (κ3) is 1.62. The van der Waals surface area contributed by atoms with Crippen LogP contribution in [0, 0.1) is 5.92 Å². The van der Waals surface area contributed by atoms with Gasteiger partial charge in [-0.25, -0.2) is 4.79 Å². The maximum Gasteiger partial charge on any atom is 0.355 e. The first kappa shape index (κ1) is 12.7. The third-order valence-corrected chi connectivity index (χ3v) is 3.32. The summed E-state index contributed by atoms with van der Waals surface area (Å²) in [5.41, 5.74) is 0.491. The van der Waals surface area contributed by atoms with E-state index in [2.05, 4.69) is 6.58 Å². The minimum atomic E-state index is -1.08. The van der Waals surface area contributed by atoms with Gasteiger partial charge in [0.2, 0.25) is 5.60 Å². The first-order valence-corrected chi connectivity index (χ1v) is 6.19. The number of para-hydroxylation sites is 1. The first-order valence-electron chi connectivity index (χ1n) is 6.19. The smallest absolute Gasteiger partial charge is 0.355 e. The highest BCUT2D eigenvalue weighted by molar-refractivity contribution is 6.00. The van der Waals surface area contributed by atoms with Crippen molar-refractivity contribution in [2.45, 2.75) is 26.4 Å². The van der Waals surface area contributed by atoms with E-state index >= 15 is 0 Å². The van der Waals surface area contributed by atoms with E-state index < -0.39 is 5.60 Å². The van der Waals surface area contributed by atoms with Crippen molar-refractivity contribution in [3.63, 3.8) is 0 Å². The third-order valence-electron chi connectivity index (χ3n) is 3.32. The van der Waals surface area contributed by atoms with Crippen LogP contribution in [-0.4, -0.2) is 18.2 Å². The molecule has 96 valence electrons. The predicted octanol–water partition coefficient (Wildman–Crippen LogP) is 3.05. The molecular weight excluding hydrogens is 228 g/mol. The lowest BCUT2D eigenvalue weighted by molar-refractivity contribution is -0.158. The Morgan fingerprint density at radius 2 is 2.11 bits per heavy atom. The molecule has 0 saturated heterocycles. The molecule has 1 unspecified atom stereocenters. The number of carbonyl (C=O) groups is 1. The van der Waals surface area contributed by atoms with Crippen LogP contribution in [0.15, 0.2) is 30.8 Å². The van der Waals surface area contributed by atoms with Crippen LogP contribution in [0.25, 0.3) is 5.57 Å². The van der Waals surface area contributed by atoms with Gasteiger partial charge in [0.15, 0.2) is 0 Å². The highest BCUT2D eigenvalue weighted by Crippen LogP contribution is 2.47. The Bertz CT molecular complexity index is 490. The summed E-state index contributed by atoms with van der Waals surface area (Å²) in [6, 6.07) is 7.56. The van der Waals surface area contributed by atoms with Crippen LogP contribution in [0.4, 0.5) is 0 Å². The highest BCUT2D eigenvalue weighted by Gasteiger charge is 2.53. The zero-order valence-electron chi connectivity index (χ0n) is 11.0. The van der Waals surface area contributed by atoms with E-state index in [1.807, 2.05) is 38.1 Å². The molecule has 1 atom stereocenters. The van der Waals surface area contributed by atoms with E-state index in [1.165, 1.54) is 0 Å². The number of hydrogen-bond donors (Lipinski definition) is 0. The minimum absolute atomic E-state index is 0.0450. The molecule has 18 heavy (non-hydrogen) atoms. The molecular formula is C15H18O3. The molecule has 3 nitrogen and oxygen atoms in total. The van der Waals surface area contributed by atoms with Crippen LogP contribution < -0.4 is 4.74 Å². The number of esters is 1. The van der Waals surface area contributed by atoms with Crippen LogP contribution >= 0.6 is 0 Å². The van der Waals surface area contributed by atoms with Crippen molar-refractivity contribution >= 4 is 11.5 Å². The highest BCUT2D eigenvalue weighted by atomic mass is 16.6. The van der Waals surface area contributed by atoms with Crippen molar-refractivity contribution in [2.24, 2.45) is 5.92 Å². The van der Waals surface area contributed by atoms with E-state index in [4.69, 9.17) is 9.47 Å². The van der Waals surface area contributed by atoms with Crippen molar-refractivity contribution in [1.82, 2.24) is 0 Å². The monoisotopic (exact) mass is 246 g/mol.